The number of benzene rings is 2. The van der Waals surface area contributed by atoms with Gasteiger partial charge in [0.05, 0.1) is 6.42 Å². The number of carbonyl (C=O) groups is 1. The monoisotopic (exact) mass is 447 g/mol. The second-order valence-corrected chi connectivity index (χ2v) is 8.62. The van der Waals surface area contributed by atoms with E-state index < -0.39 is 5.97 Å². The zero-order chi connectivity index (χ0) is 23.0. The Balaban J connectivity index is 1.44. The van der Waals surface area contributed by atoms with Crippen molar-refractivity contribution < 1.29 is 14.3 Å². The average Bonchev–Trinajstić information content (AvgIpc) is 3.36. The topological polar surface area (TPSA) is 65.5 Å². The third kappa shape index (κ3) is 6.39. The Kier molecular flexibility index (Phi) is 7.68. The van der Waals surface area contributed by atoms with Crippen LogP contribution in [-0.4, -0.2) is 28.6 Å². The summed E-state index contributed by atoms with van der Waals surface area (Å²) in [5, 5.41) is 11.9. The maximum atomic E-state index is 13.2. The van der Waals surface area contributed by atoms with Gasteiger partial charge in [-0.05, 0) is 53.3 Å². The molecule has 5 nitrogen and oxygen atoms in total. The van der Waals surface area contributed by atoms with E-state index in [1.807, 2.05) is 6.20 Å². The lowest BCUT2D eigenvalue weighted by atomic mass is 10.0. The first kappa shape index (κ1) is 22.9. The minimum Gasteiger partial charge on any atom is -0.481 e. The second-order valence-electron chi connectivity index (χ2n) is 8.62. The molecule has 1 aliphatic rings. The molecule has 0 bridgehead atoms. The third-order valence-corrected chi connectivity index (χ3v) is 6.20. The van der Waals surface area contributed by atoms with Crippen LogP contribution >= 0.6 is 0 Å². The highest BCUT2D eigenvalue weighted by atomic mass is 19.1. The fourth-order valence-corrected chi connectivity index (χ4v) is 4.37. The molecule has 4 rings (SSSR count). The van der Waals surface area contributed by atoms with E-state index in [0.29, 0.717) is 19.1 Å². The summed E-state index contributed by atoms with van der Waals surface area (Å²) in [5.74, 6) is -0.0511. The molecule has 0 atom stereocenters. The van der Waals surface area contributed by atoms with E-state index >= 15 is 0 Å². The number of aromatic nitrogens is 1. The molecule has 0 amide bonds. The summed E-state index contributed by atoms with van der Waals surface area (Å²) >= 11 is 0. The number of anilines is 1. The van der Waals surface area contributed by atoms with Crippen LogP contribution in [0, 0.1) is 5.82 Å². The first-order valence-corrected chi connectivity index (χ1v) is 11.6. The number of pyridine rings is 1. The molecule has 3 aromatic rings. The summed E-state index contributed by atoms with van der Waals surface area (Å²) in [6, 6.07) is 19.7. The summed E-state index contributed by atoms with van der Waals surface area (Å²) in [7, 11) is 0. The highest BCUT2D eigenvalue weighted by Gasteiger charge is 2.24. The van der Waals surface area contributed by atoms with E-state index in [9.17, 15) is 9.18 Å². The number of nitrogens with one attached hydrogen (secondary N) is 1. The molecule has 2 aromatic carbocycles. The van der Waals surface area contributed by atoms with Crippen LogP contribution in [0.15, 0.2) is 66.9 Å². The lowest BCUT2D eigenvalue weighted by Crippen LogP contribution is -2.33. The van der Waals surface area contributed by atoms with Crippen LogP contribution in [0.5, 0.6) is 0 Å². The van der Waals surface area contributed by atoms with E-state index in [-0.39, 0.29) is 12.2 Å². The van der Waals surface area contributed by atoms with Crippen LogP contribution in [0.1, 0.15) is 43.2 Å². The van der Waals surface area contributed by atoms with Crippen LogP contribution in [0.25, 0.3) is 11.1 Å². The Morgan fingerprint density at radius 1 is 0.970 bits per heavy atom. The second kappa shape index (κ2) is 11.1. The van der Waals surface area contributed by atoms with Crippen molar-refractivity contribution in [3.63, 3.8) is 0 Å². The molecule has 0 radical (unpaired) electrons. The van der Waals surface area contributed by atoms with Gasteiger partial charge in [0.25, 0.3) is 0 Å². The van der Waals surface area contributed by atoms with Crippen molar-refractivity contribution in [1.82, 2.24) is 10.3 Å². The van der Waals surface area contributed by atoms with Gasteiger partial charge in [-0.3, -0.25) is 4.79 Å². The predicted octanol–water partition coefficient (Wildman–Crippen LogP) is 5.40. The van der Waals surface area contributed by atoms with Gasteiger partial charge in [-0.1, -0.05) is 55.3 Å². The van der Waals surface area contributed by atoms with Gasteiger partial charge in [0.2, 0.25) is 0 Å². The quantitative estimate of drug-likeness (QED) is 0.407. The maximum absolute atomic E-state index is 13.2. The lowest BCUT2D eigenvalue weighted by molar-refractivity contribution is -0.136. The fraction of sp³-hybridized carbons (Fsp3) is 0.333. The average molecular weight is 448 g/mol. The molecule has 0 unspecified atom stereocenters. The molecule has 1 heterocycles. The number of hydrogen-bond acceptors (Lipinski definition) is 4. The normalized spacial score (nSPS) is 13.8. The molecule has 172 valence electrons. The van der Waals surface area contributed by atoms with Crippen LogP contribution in [0.2, 0.25) is 0 Å². The SMILES string of the molecule is O=C(O)CCNCc1ccc(N(Cc2ccc(-c3ccc(F)cc3)cc2)C2CCCC2)nc1. The van der Waals surface area contributed by atoms with Gasteiger partial charge in [-0.2, -0.15) is 0 Å². The van der Waals surface area contributed by atoms with Gasteiger partial charge < -0.3 is 15.3 Å². The van der Waals surface area contributed by atoms with Crippen molar-refractivity contribution in [2.45, 2.75) is 51.2 Å². The van der Waals surface area contributed by atoms with Gasteiger partial charge in [0, 0.05) is 31.9 Å². The Morgan fingerprint density at radius 2 is 1.61 bits per heavy atom. The molecule has 1 aromatic heterocycles. The standard InChI is InChI=1S/C27H30FN3O2/c28-24-12-10-23(11-13-24)22-8-5-20(6-9-22)19-31(25-3-1-2-4-25)26-14-7-21(18-30-26)17-29-16-15-27(32)33/h5-14,18,25,29H,1-4,15-17,19H2,(H,32,33). The molecule has 1 saturated carbocycles. The smallest absolute Gasteiger partial charge is 0.304 e. The van der Waals surface area contributed by atoms with E-state index in [1.165, 1.54) is 43.4 Å². The minimum absolute atomic E-state index is 0.112. The Labute approximate surface area is 194 Å². The molecule has 1 fully saturated rings. The van der Waals surface area contributed by atoms with Crippen molar-refractivity contribution in [3.05, 3.63) is 83.8 Å². The highest BCUT2D eigenvalue weighted by Crippen LogP contribution is 2.29. The summed E-state index contributed by atoms with van der Waals surface area (Å²) in [4.78, 5) is 17.8. The molecule has 0 saturated heterocycles. The first-order valence-electron chi connectivity index (χ1n) is 11.6. The van der Waals surface area contributed by atoms with Crippen molar-refractivity contribution in [3.8, 4) is 11.1 Å². The molecule has 2 N–H and O–H groups in total. The summed E-state index contributed by atoms with van der Waals surface area (Å²) in [6.45, 7) is 1.84. The van der Waals surface area contributed by atoms with E-state index in [4.69, 9.17) is 10.1 Å². The van der Waals surface area contributed by atoms with Gasteiger partial charge in [0.1, 0.15) is 11.6 Å². The highest BCUT2D eigenvalue weighted by molar-refractivity contribution is 5.66. The van der Waals surface area contributed by atoms with Crippen molar-refractivity contribution in [1.29, 1.82) is 0 Å². The molecule has 0 spiro atoms. The Hall–Kier alpha value is -3.25. The van der Waals surface area contributed by atoms with Gasteiger partial charge in [-0.25, -0.2) is 9.37 Å². The van der Waals surface area contributed by atoms with E-state index in [2.05, 4.69) is 46.6 Å². The summed E-state index contributed by atoms with van der Waals surface area (Å²) in [5.41, 5.74) is 4.34. The van der Waals surface area contributed by atoms with Gasteiger partial charge in [0.15, 0.2) is 0 Å². The first-order chi connectivity index (χ1) is 16.1. The zero-order valence-electron chi connectivity index (χ0n) is 18.7. The molecule has 6 heteroatoms. The number of rotatable bonds is 10. The molecule has 33 heavy (non-hydrogen) atoms. The fourth-order valence-electron chi connectivity index (χ4n) is 4.37. The molecule has 1 aliphatic carbocycles. The zero-order valence-corrected chi connectivity index (χ0v) is 18.7. The van der Waals surface area contributed by atoms with E-state index in [0.717, 1.165) is 29.1 Å². The largest absolute Gasteiger partial charge is 0.481 e. The summed E-state index contributed by atoms with van der Waals surface area (Å²) < 4.78 is 13.2. The van der Waals surface area contributed by atoms with E-state index in [1.54, 1.807) is 12.1 Å². The maximum Gasteiger partial charge on any atom is 0.304 e. The van der Waals surface area contributed by atoms with Crippen LogP contribution in [0.4, 0.5) is 10.2 Å². The van der Waals surface area contributed by atoms with Crippen LogP contribution in [-0.2, 0) is 17.9 Å². The molecule has 0 aliphatic heterocycles. The van der Waals surface area contributed by atoms with Crippen LogP contribution < -0.4 is 10.2 Å². The Morgan fingerprint density at radius 3 is 2.21 bits per heavy atom. The number of aliphatic carboxylic acids is 1. The van der Waals surface area contributed by atoms with Crippen LogP contribution in [0.3, 0.4) is 0 Å². The number of nitrogens with zero attached hydrogens (tertiary/aromatic N) is 2. The minimum atomic E-state index is -0.797. The number of hydrogen-bond donors (Lipinski definition) is 2. The number of halogens is 1. The van der Waals surface area contributed by atoms with Gasteiger partial charge in [-0.15, -0.1) is 0 Å². The molecular formula is C27H30FN3O2. The number of carboxylic acid groups (broad SMARTS) is 1. The Bertz CT molecular complexity index is 1030. The predicted molar refractivity (Wildman–Crippen MR) is 128 cm³/mol. The lowest BCUT2D eigenvalue weighted by Gasteiger charge is -2.30. The van der Waals surface area contributed by atoms with Crippen molar-refractivity contribution in [2.24, 2.45) is 0 Å². The molecular weight excluding hydrogens is 417 g/mol. The van der Waals surface area contributed by atoms with Gasteiger partial charge >= 0.3 is 5.97 Å². The third-order valence-electron chi connectivity index (χ3n) is 6.20. The number of carboxylic acids is 1. The summed E-state index contributed by atoms with van der Waals surface area (Å²) in [6.07, 6.45) is 6.83. The van der Waals surface area contributed by atoms with Crippen molar-refractivity contribution in [2.75, 3.05) is 11.4 Å². The van der Waals surface area contributed by atoms with Crippen molar-refractivity contribution >= 4 is 11.8 Å².